The van der Waals surface area contributed by atoms with Crippen LogP contribution in [0.2, 0.25) is 0 Å². The molecule has 8 N–H and O–H groups in total. The molecule has 11 heteroatoms. The van der Waals surface area contributed by atoms with Crippen LogP contribution in [0.4, 0.5) is 28.4 Å². The Morgan fingerprint density at radius 3 is 1.39 bits per heavy atom. The number of anilines is 5. The van der Waals surface area contributed by atoms with E-state index in [1.807, 2.05) is 31.2 Å². The summed E-state index contributed by atoms with van der Waals surface area (Å²) in [4.78, 5) is 35.0. The fraction of sp³-hybridized carbons (Fsp3) is 0.588. The summed E-state index contributed by atoms with van der Waals surface area (Å²) < 4.78 is 14.9. The average Bonchev–Trinajstić information content (AvgIpc) is 3.25. The molecule has 0 unspecified atom stereocenters. The van der Waals surface area contributed by atoms with Crippen molar-refractivity contribution >= 4 is 46.3 Å². The lowest BCUT2D eigenvalue weighted by molar-refractivity contribution is 0.0517. The summed E-state index contributed by atoms with van der Waals surface area (Å²) >= 11 is 0. The summed E-state index contributed by atoms with van der Waals surface area (Å²) in [5, 5.41) is 6.96. The highest BCUT2D eigenvalue weighted by atomic mass is 16.5. The van der Waals surface area contributed by atoms with Crippen LogP contribution in [0.1, 0.15) is 169 Å². The highest BCUT2D eigenvalue weighted by molar-refractivity contribution is 5.93. The summed E-state index contributed by atoms with van der Waals surface area (Å²) in [6.07, 6.45) is 17.4. The molecule has 3 saturated carbocycles. The molecule has 3 aromatic carbocycles. The lowest BCUT2D eigenvalue weighted by Crippen LogP contribution is -2.26. The average molecular weight is 856 g/mol. The Bertz CT molecular complexity index is 1870. The molecule has 11 nitrogen and oxygen atoms in total. The molecular formula is C51H77N5O6. The minimum absolute atomic E-state index is 0.295. The highest BCUT2D eigenvalue weighted by Crippen LogP contribution is 2.41. The first-order chi connectivity index (χ1) is 29.6. The van der Waals surface area contributed by atoms with Gasteiger partial charge in [0.15, 0.2) is 0 Å². The molecule has 3 aliphatic rings. The maximum atomic E-state index is 11.8. The molecule has 0 aliphatic heterocycles. The van der Waals surface area contributed by atoms with Gasteiger partial charge in [-0.05, 0) is 169 Å². The van der Waals surface area contributed by atoms with Crippen LogP contribution in [-0.4, -0.2) is 49.8 Å². The Morgan fingerprint density at radius 1 is 0.565 bits per heavy atom. The van der Waals surface area contributed by atoms with Gasteiger partial charge in [-0.15, -0.1) is 0 Å². The summed E-state index contributed by atoms with van der Waals surface area (Å²) in [5.41, 5.74) is 25.1. The van der Waals surface area contributed by atoms with Crippen molar-refractivity contribution in [3.8, 4) is 0 Å². The van der Waals surface area contributed by atoms with Crippen molar-refractivity contribution in [1.82, 2.24) is 0 Å². The van der Waals surface area contributed by atoms with E-state index in [2.05, 4.69) is 38.3 Å². The molecule has 0 radical (unpaired) electrons. The molecule has 0 bridgehead atoms. The quantitative estimate of drug-likeness (QED) is 0.0664. The van der Waals surface area contributed by atoms with Gasteiger partial charge in [0.05, 0.1) is 59.3 Å². The number of rotatable bonds is 12. The molecule has 0 amide bonds. The predicted octanol–water partition coefficient (Wildman–Crippen LogP) is 11.5. The van der Waals surface area contributed by atoms with Gasteiger partial charge in [-0.25, -0.2) is 14.4 Å². The monoisotopic (exact) mass is 856 g/mol. The molecule has 0 heterocycles. The first kappa shape index (κ1) is 49.7. The minimum Gasteiger partial charge on any atom is -0.462 e. The Morgan fingerprint density at radius 2 is 0.984 bits per heavy atom. The smallest absolute Gasteiger partial charge is 0.338 e. The van der Waals surface area contributed by atoms with E-state index in [9.17, 15) is 14.4 Å². The number of hydrogen-bond donors (Lipinski definition) is 5. The van der Waals surface area contributed by atoms with E-state index in [1.54, 1.807) is 44.2 Å². The van der Waals surface area contributed by atoms with Crippen LogP contribution in [0.3, 0.4) is 0 Å². The molecule has 3 aliphatic carbocycles. The Hall–Kier alpha value is -4.93. The van der Waals surface area contributed by atoms with Gasteiger partial charge in [0.1, 0.15) is 0 Å². The van der Waals surface area contributed by atoms with Gasteiger partial charge < -0.3 is 42.0 Å². The highest BCUT2D eigenvalue weighted by Gasteiger charge is 2.30. The fourth-order valence-electron chi connectivity index (χ4n) is 8.83. The number of hydrogen-bond acceptors (Lipinski definition) is 11. The van der Waals surface area contributed by atoms with Crippen molar-refractivity contribution < 1.29 is 28.6 Å². The second kappa shape index (κ2) is 24.6. The first-order valence-corrected chi connectivity index (χ1v) is 23.3. The summed E-state index contributed by atoms with van der Waals surface area (Å²) in [6, 6.07) is 17.2. The third kappa shape index (κ3) is 15.8. The molecule has 342 valence electrons. The number of esters is 3. The Labute approximate surface area is 372 Å². The first-order valence-electron chi connectivity index (χ1n) is 23.3. The van der Waals surface area contributed by atoms with Gasteiger partial charge in [-0.1, -0.05) is 53.0 Å². The number of nitrogens with two attached hydrogens (primary N) is 3. The second-order valence-corrected chi connectivity index (χ2v) is 18.5. The van der Waals surface area contributed by atoms with Crippen LogP contribution in [0.25, 0.3) is 0 Å². The third-order valence-corrected chi connectivity index (χ3v) is 12.7. The third-order valence-electron chi connectivity index (χ3n) is 12.7. The molecule has 0 spiro atoms. The van der Waals surface area contributed by atoms with Crippen molar-refractivity contribution in [3.05, 3.63) is 76.9 Å². The fourth-order valence-corrected chi connectivity index (χ4v) is 8.83. The lowest BCUT2D eigenvalue weighted by atomic mass is 9.69. The van der Waals surface area contributed by atoms with Gasteiger partial charge >= 0.3 is 17.9 Å². The van der Waals surface area contributed by atoms with Crippen molar-refractivity contribution in [2.45, 2.75) is 150 Å². The number of benzene rings is 3. The van der Waals surface area contributed by atoms with E-state index in [1.165, 1.54) is 83.5 Å². The van der Waals surface area contributed by atoms with Crippen LogP contribution < -0.4 is 27.8 Å². The molecule has 3 fully saturated rings. The number of nitrogen functional groups attached to an aromatic ring is 3. The van der Waals surface area contributed by atoms with Crippen molar-refractivity contribution in [2.75, 3.05) is 47.7 Å². The van der Waals surface area contributed by atoms with E-state index < -0.39 is 0 Å². The van der Waals surface area contributed by atoms with Gasteiger partial charge in [-0.2, -0.15) is 0 Å². The zero-order valence-electron chi connectivity index (χ0n) is 38.8. The molecule has 0 saturated heterocycles. The minimum atomic E-state index is -0.322. The zero-order valence-corrected chi connectivity index (χ0v) is 38.8. The normalized spacial score (nSPS) is 20.2. The second-order valence-electron chi connectivity index (χ2n) is 18.5. The van der Waals surface area contributed by atoms with E-state index in [-0.39, 0.29) is 17.9 Å². The van der Waals surface area contributed by atoms with Gasteiger partial charge in [0.2, 0.25) is 0 Å². The number of carbonyl (C=O) groups excluding carboxylic acids is 3. The summed E-state index contributed by atoms with van der Waals surface area (Å²) in [6.45, 7) is 15.9. The Kier molecular flexibility index (Phi) is 19.8. The van der Waals surface area contributed by atoms with Crippen molar-refractivity contribution in [2.24, 2.45) is 23.2 Å². The van der Waals surface area contributed by atoms with Crippen LogP contribution in [0, 0.1) is 23.2 Å². The van der Waals surface area contributed by atoms with E-state index >= 15 is 0 Å². The standard InChI is InChI=1S/C20H31NO2.C16H24N2O2.C15H22N2O2/c1-5-23-19(22)16-9-8-15(18(21)13-16)12-14-6-10-17(11-7-14)20(2,3)4;1-3-20-16(19)12-6-9-15(14(17)10-12)18-13-7-4-11(2)5-8-13;1-2-19-15(18)11-8-9-14(13(16)10-11)17-12-6-4-3-5-7-12/h8-9,13-14,17H,5-7,10-12,21H2,1-4H3;6,9-11,13,18H,3-5,7-8,17H2,1-2H3;8-10,12,17H,2-7,16H2,1H3. The van der Waals surface area contributed by atoms with E-state index in [4.69, 9.17) is 31.4 Å². The summed E-state index contributed by atoms with van der Waals surface area (Å²) in [5.74, 6) is 1.44. The van der Waals surface area contributed by atoms with Crippen LogP contribution in [0.15, 0.2) is 54.6 Å². The maximum absolute atomic E-state index is 11.8. The number of carbonyl (C=O) groups is 3. The zero-order chi connectivity index (χ0) is 45.2. The van der Waals surface area contributed by atoms with Gasteiger partial charge in [-0.3, -0.25) is 0 Å². The van der Waals surface area contributed by atoms with Crippen LogP contribution >= 0.6 is 0 Å². The largest absolute Gasteiger partial charge is 0.462 e. The molecule has 0 atom stereocenters. The Balaban J connectivity index is 0.000000205. The SMILES string of the molecule is CCOC(=O)c1ccc(CC2CCC(C(C)(C)C)CC2)c(N)c1.CCOC(=O)c1ccc(NC2CCC(C)CC2)c(N)c1.CCOC(=O)c1ccc(NC2CCCCC2)c(N)c1. The number of nitrogens with one attached hydrogen (secondary N) is 2. The van der Waals surface area contributed by atoms with E-state index in [0.29, 0.717) is 77.0 Å². The molecular weight excluding hydrogens is 779 g/mol. The molecule has 0 aromatic heterocycles. The lowest BCUT2D eigenvalue weighted by Gasteiger charge is -2.37. The van der Waals surface area contributed by atoms with Gasteiger partial charge in [0.25, 0.3) is 0 Å². The maximum Gasteiger partial charge on any atom is 0.338 e. The van der Waals surface area contributed by atoms with Crippen LogP contribution in [-0.2, 0) is 20.6 Å². The molecule has 62 heavy (non-hydrogen) atoms. The predicted molar refractivity (Wildman–Crippen MR) is 255 cm³/mol. The van der Waals surface area contributed by atoms with E-state index in [0.717, 1.165) is 35.2 Å². The molecule has 6 rings (SSSR count). The summed E-state index contributed by atoms with van der Waals surface area (Å²) in [7, 11) is 0. The van der Waals surface area contributed by atoms with Gasteiger partial charge in [0, 0.05) is 17.8 Å². The molecule has 3 aromatic rings. The van der Waals surface area contributed by atoms with Crippen LogP contribution in [0.5, 0.6) is 0 Å². The van der Waals surface area contributed by atoms with Crippen molar-refractivity contribution in [3.63, 3.8) is 0 Å². The topological polar surface area (TPSA) is 181 Å². The van der Waals surface area contributed by atoms with Crippen molar-refractivity contribution in [1.29, 1.82) is 0 Å². The number of ether oxygens (including phenoxy) is 3.